The number of morpholine rings is 1. The molecular weight excluding hydrogens is 340 g/mol. The quantitative estimate of drug-likeness (QED) is 0.767. The van der Waals surface area contributed by atoms with Gasteiger partial charge in [-0.15, -0.1) is 0 Å². The van der Waals surface area contributed by atoms with Gasteiger partial charge in [0.2, 0.25) is 0 Å². The first kappa shape index (κ1) is 17.5. The summed E-state index contributed by atoms with van der Waals surface area (Å²) in [5.74, 6) is -0.395. The van der Waals surface area contributed by atoms with Crippen molar-refractivity contribution in [3.8, 4) is 0 Å². The fraction of sp³-hybridized carbons (Fsp3) is 0.273. The summed E-state index contributed by atoms with van der Waals surface area (Å²) in [5.41, 5.74) is 3.28. The molecule has 0 atom stereocenters. The van der Waals surface area contributed by atoms with Crippen LogP contribution in [0.15, 0.2) is 60.7 Å². The van der Waals surface area contributed by atoms with Crippen molar-refractivity contribution in [1.29, 1.82) is 0 Å². The second-order valence-corrected chi connectivity index (χ2v) is 6.65. The molecule has 2 heterocycles. The van der Waals surface area contributed by atoms with Crippen LogP contribution in [0.1, 0.15) is 32.7 Å². The third kappa shape index (κ3) is 3.51. The van der Waals surface area contributed by atoms with Crippen LogP contribution in [0.25, 0.3) is 5.70 Å². The standard InChI is InChI=1S/C22H22N2O3/c25-21-18-9-4-5-10-19(18)22(26)24(21)12-6-11-20(17-7-2-1-3-8-17)23-13-15-27-16-14-23/h1-5,7-11H,6,12-16H2. The maximum Gasteiger partial charge on any atom is 0.261 e. The van der Waals surface area contributed by atoms with Gasteiger partial charge < -0.3 is 9.64 Å². The molecule has 1 fully saturated rings. The summed E-state index contributed by atoms with van der Waals surface area (Å²) in [7, 11) is 0. The second-order valence-electron chi connectivity index (χ2n) is 6.65. The summed E-state index contributed by atoms with van der Waals surface area (Å²) in [5, 5.41) is 0. The molecular formula is C22H22N2O3. The zero-order chi connectivity index (χ0) is 18.6. The number of ether oxygens (including phenoxy) is 1. The molecule has 1 saturated heterocycles. The molecule has 0 radical (unpaired) electrons. The summed E-state index contributed by atoms with van der Waals surface area (Å²) < 4.78 is 5.47. The lowest BCUT2D eigenvalue weighted by molar-refractivity contribution is 0.0637. The van der Waals surface area contributed by atoms with Gasteiger partial charge in [0.15, 0.2) is 0 Å². The Hall–Kier alpha value is -2.92. The van der Waals surface area contributed by atoms with Gasteiger partial charge in [-0.1, -0.05) is 48.5 Å². The minimum absolute atomic E-state index is 0.198. The normalized spacial score (nSPS) is 17.4. The lowest BCUT2D eigenvalue weighted by Crippen LogP contribution is -2.35. The largest absolute Gasteiger partial charge is 0.378 e. The number of amides is 2. The molecule has 138 valence electrons. The van der Waals surface area contributed by atoms with Crippen LogP contribution in [0.3, 0.4) is 0 Å². The molecule has 0 aromatic heterocycles. The van der Waals surface area contributed by atoms with Gasteiger partial charge in [-0.2, -0.15) is 0 Å². The van der Waals surface area contributed by atoms with Crippen LogP contribution in [0, 0.1) is 0 Å². The average Bonchev–Trinajstić information content (AvgIpc) is 2.97. The predicted octanol–water partition coefficient (Wildman–Crippen LogP) is 3.05. The molecule has 2 aliphatic heterocycles. The molecule has 0 aliphatic carbocycles. The number of rotatable bonds is 5. The third-order valence-electron chi connectivity index (χ3n) is 4.99. The van der Waals surface area contributed by atoms with Crippen LogP contribution in [0.5, 0.6) is 0 Å². The van der Waals surface area contributed by atoms with Gasteiger partial charge in [-0.05, 0) is 24.1 Å². The number of carbonyl (C=O) groups excluding carboxylic acids is 2. The van der Waals surface area contributed by atoms with Crippen molar-refractivity contribution in [2.45, 2.75) is 6.42 Å². The van der Waals surface area contributed by atoms with Crippen molar-refractivity contribution in [2.75, 3.05) is 32.8 Å². The van der Waals surface area contributed by atoms with Crippen molar-refractivity contribution < 1.29 is 14.3 Å². The summed E-state index contributed by atoms with van der Waals surface area (Å²) >= 11 is 0. The zero-order valence-electron chi connectivity index (χ0n) is 15.1. The molecule has 2 aliphatic rings. The Balaban J connectivity index is 1.51. The third-order valence-corrected chi connectivity index (χ3v) is 4.99. The number of fused-ring (bicyclic) bond motifs is 1. The van der Waals surface area contributed by atoms with Gasteiger partial charge in [-0.3, -0.25) is 14.5 Å². The Kier molecular flexibility index (Phi) is 5.03. The molecule has 0 N–H and O–H groups in total. The van der Waals surface area contributed by atoms with E-state index < -0.39 is 0 Å². The van der Waals surface area contributed by atoms with Crippen molar-refractivity contribution in [3.05, 3.63) is 77.4 Å². The monoisotopic (exact) mass is 362 g/mol. The molecule has 27 heavy (non-hydrogen) atoms. The zero-order valence-corrected chi connectivity index (χ0v) is 15.1. The van der Waals surface area contributed by atoms with E-state index in [2.05, 4.69) is 23.1 Å². The van der Waals surface area contributed by atoms with E-state index in [4.69, 9.17) is 4.74 Å². The Bertz CT molecular complexity index is 835. The Morgan fingerprint density at radius 1 is 0.889 bits per heavy atom. The fourth-order valence-corrected chi connectivity index (χ4v) is 3.62. The van der Waals surface area contributed by atoms with E-state index in [9.17, 15) is 9.59 Å². The number of imide groups is 1. The number of carbonyl (C=O) groups is 2. The van der Waals surface area contributed by atoms with E-state index in [1.807, 2.05) is 18.2 Å². The first-order valence-corrected chi connectivity index (χ1v) is 9.29. The first-order chi connectivity index (χ1) is 13.3. The molecule has 2 amide bonds. The highest BCUT2D eigenvalue weighted by Crippen LogP contribution is 2.24. The van der Waals surface area contributed by atoms with E-state index in [0.717, 1.165) is 24.4 Å². The summed E-state index contributed by atoms with van der Waals surface area (Å²) in [6.07, 6.45) is 2.75. The lowest BCUT2D eigenvalue weighted by atomic mass is 10.1. The predicted molar refractivity (Wildman–Crippen MR) is 103 cm³/mol. The van der Waals surface area contributed by atoms with Crippen molar-refractivity contribution in [1.82, 2.24) is 9.80 Å². The van der Waals surface area contributed by atoms with Crippen LogP contribution in [0.2, 0.25) is 0 Å². The highest BCUT2D eigenvalue weighted by atomic mass is 16.5. The van der Waals surface area contributed by atoms with Gasteiger partial charge >= 0.3 is 0 Å². The number of hydrogen-bond donors (Lipinski definition) is 0. The van der Waals surface area contributed by atoms with Crippen LogP contribution in [0.4, 0.5) is 0 Å². The Morgan fingerprint density at radius 2 is 1.48 bits per heavy atom. The van der Waals surface area contributed by atoms with Crippen molar-refractivity contribution in [3.63, 3.8) is 0 Å². The molecule has 2 aromatic rings. The lowest BCUT2D eigenvalue weighted by Gasteiger charge is -2.31. The maximum atomic E-state index is 12.5. The van der Waals surface area contributed by atoms with Crippen molar-refractivity contribution in [2.24, 2.45) is 0 Å². The van der Waals surface area contributed by atoms with E-state index in [-0.39, 0.29) is 11.8 Å². The van der Waals surface area contributed by atoms with Gasteiger partial charge in [-0.25, -0.2) is 0 Å². The minimum Gasteiger partial charge on any atom is -0.378 e. The van der Waals surface area contributed by atoms with E-state index in [1.54, 1.807) is 24.3 Å². The summed E-state index contributed by atoms with van der Waals surface area (Å²) in [4.78, 5) is 28.7. The molecule has 0 bridgehead atoms. The number of hydrogen-bond acceptors (Lipinski definition) is 4. The van der Waals surface area contributed by atoms with Crippen LogP contribution < -0.4 is 0 Å². The summed E-state index contributed by atoms with van der Waals surface area (Å²) in [6, 6.07) is 17.2. The Morgan fingerprint density at radius 3 is 2.11 bits per heavy atom. The smallest absolute Gasteiger partial charge is 0.261 e. The van der Waals surface area contributed by atoms with Gasteiger partial charge in [0.1, 0.15) is 0 Å². The van der Waals surface area contributed by atoms with Gasteiger partial charge in [0.05, 0.1) is 24.3 Å². The molecule has 5 heteroatoms. The van der Waals surface area contributed by atoms with Crippen molar-refractivity contribution >= 4 is 17.5 Å². The number of nitrogens with zero attached hydrogens (tertiary/aromatic N) is 2. The van der Waals surface area contributed by atoms with E-state index in [0.29, 0.717) is 37.3 Å². The maximum absolute atomic E-state index is 12.5. The molecule has 0 spiro atoms. The SMILES string of the molecule is O=C1c2ccccc2C(=O)N1CCC=C(c1ccccc1)N1CCOCC1. The average molecular weight is 362 g/mol. The van der Waals surface area contributed by atoms with Crippen LogP contribution in [-0.4, -0.2) is 54.5 Å². The molecule has 0 saturated carbocycles. The molecule has 2 aromatic carbocycles. The van der Waals surface area contributed by atoms with Gasteiger partial charge in [0.25, 0.3) is 11.8 Å². The Labute approximate surface area is 158 Å². The second kappa shape index (κ2) is 7.76. The van der Waals surface area contributed by atoms with Crippen LogP contribution in [-0.2, 0) is 4.74 Å². The first-order valence-electron chi connectivity index (χ1n) is 9.29. The van der Waals surface area contributed by atoms with E-state index >= 15 is 0 Å². The fourth-order valence-electron chi connectivity index (χ4n) is 3.62. The van der Waals surface area contributed by atoms with E-state index in [1.165, 1.54) is 4.90 Å². The van der Waals surface area contributed by atoms with Crippen LogP contribution >= 0.6 is 0 Å². The number of benzene rings is 2. The highest BCUT2D eigenvalue weighted by molar-refractivity contribution is 6.21. The molecule has 5 nitrogen and oxygen atoms in total. The summed E-state index contributed by atoms with van der Waals surface area (Å²) in [6.45, 7) is 3.49. The highest BCUT2D eigenvalue weighted by Gasteiger charge is 2.34. The minimum atomic E-state index is -0.198. The molecule has 0 unspecified atom stereocenters. The molecule has 4 rings (SSSR count). The van der Waals surface area contributed by atoms with Gasteiger partial charge in [0, 0.05) is 25.3 Å². The topological polar surface area (TPSA) is 49.9 Å².